The lowest BCUT2D eigenvalue weighted by Crippen LogP contribution is -2.35. The number of hydrogen-bond acceptors (Lipinski definition) is 8. The highest BCUT2D eigenvalue weighted by Gasteiger charge is 2.38. The van der Waals surface area contributed by atoms with Crippen LogP contribution < -0.4 is 4.74 Å². The van der Waals surface area contributed by atoms with Crippen LogP contribution in [0.1, 0.15) is 44.8 Å². The number of nitro benzene ring substituents is 1. The first-order valence-corrected chi connectivity index (χ1v) is 12.3. The third-order valence-electron chi connectivity index (χ3n) is 6.08. The van der Waals surface area contributed by atoms with Gasteiger partial charge in [-0.05, 0) is 61.9 Å². The van der Waals surface area contributed by atoms with Crippen molar-refractivity contribution in [2.75, 3.05) is 6.61 Å². The second-order valence-corrected chi connectivity index (χ2v) is 9.35. The van der Waals surface area contributed by atoms with Crippen molar-refractivity contribution < 1.29 is 18.9 Å². The number of carbonyl (C=O) groups is 1. The topological polar surface area (TPSA) is 134 Å². The first-order chi connectivity index (χ1) is 16.9. The third-order valence-corrected chi connectivity index (χ3v) is 7.15. The fourth-order valence-corrected chi connectivity index (χ4v) is 5.43. The van der Waals surface area contributed by atoms with E-state index in [0.29, 0.717) is 23.4 Å². The molecule has 1 amide bonds. The van der Waals surface area contributed by atoms with Gasteiger partial charge in [-0.15, -0.1) is 0 Å². The minimum atomic E-state index is -0.543. The molecule has 10 nitrogen and oxygen atoms in total. The average Bonchev–Trinajstić information content (AvgIpc) is 3.50. The van der Waals surface area contributed by atoms with E-state index in [2.05, 4.69) is 10.1 Å². The molecule has 0 unspecified atom stereocenters. The van der Waals surface area contributed by atoms with Gasteiger partial charge in [0.15, 0.2) is 5.84 Å². The molecule has 1 fully saturated rings. The number of furan rings is 1. The zero-order valence-electron chi connectivity index (χ0n) is 19.0. The summed E-state index contributed by atoms with van der Waals surface area (Å²) in [5.41, 5.74) is 0.176. The summed E-state index contributed by atoms with van der Waals surface area (Å²) in [6.45, 7) is 2.19. The number of nitrogens with one attached hydrogen (secondary N) is 1. The van der Waals surface area contributed by atoms with E-state index in [9.17, 15) is 14.9 Å². The van der Waals surface area contributed by atoms with Gasteiger partial charge in [0.05, 0.1) is 28.7 Å². The van der Waals surface area contributed by atoms with E-state index in [1.165, 1.54) is 35.3 Å². The Morgan fingerprint density at radius 1 is 1.29 bits per heavy atom. The molecule has 11 heteroatoms. The van der Waals surface area contributed by atoms with Gasteiger partial charge in [-0.1, -0.05) is 19.3 Å². The van der Waals surface area contributed by atoms with Crippen molar-refractivity contribution in [3.05, 3.63) is 51.8 Å². The van der Waals surface area contributed by atoms with E-state index in [4.69, 9.17) is 14.6 Å². The molecule has 0 bridgehead atoms. The highest BCUT2D eigenvalue weighted by atomic mass is 32.2. The number of amidine groups is 2. The lowest BCUT2D eigenvalue weighted by molar-refractivity contribution is -0.384. The number of hydrazone groups is 1. The molecule has 1 N–H and O–H groups in total. The number of ether oxygens (including phenoxy) is 1. The van der Waals surface area contributed by atoms with Crippen LogP contribution in [0.5, 0.6) is 5.75 Å². The van der Waals surface area contributed by atoms with Gasteiger partial charge in [-0.3, -0.25) is 20.3 Å². The van der Waals surface area contributed by atoms with Crippen LogP contribution in [0.15, 0.2) is 50.4 Å². The lowest BCUT2D eigenvalue weighted by Gasteiger charge is -2.20. The van der Waals surface area contributed by atoms with Crippen LogP contribution >= 0.6 is 11.8 Å². The molecule has 3 aliphatic rings. The fraction of sp³-hybridized carbons (Fsp3) is 0.333. The highest BCUT2D eigenvalue weighted by Crippen LogP contribution is 2.37. The molecular weight excluding hydrogens is 470 g/mol. The second-order valence-electron chi connectivity index (χ2n) is 8.36. The molecule has 0 atom stereocenters. The second kappa shape index (κ2) is 9.49. The molecule has 180 valence electrons. The number of nitro groups is 1. The van der Waals surface area contributed by atoms with Crippen molar-refractivity contribution in [2.24, 2.45) is 16.0 Å². The summed E-state index contributed by atoms with van der Waals surface area (Å²) in [5, 5.41) is 27.5. The summed E-state index contributed by atoms with van der Waals surface area (Å²) in [6, 6.07) is 7.73. The van der Waals surface area contributed by atoms with E-state index in [-0.39, 0.29) is 34.2 Å². The van der Waals surface area contributed by atoms with E-state index < -0.39 is 10.8 Å². The summed E-state index contributed by atoms with van der Waals surface area (Å²) in [6.07, 6.45) is 7.09. The Balaban J connectivity index is 1.41. The maximum atomic E-state index is 12.7. The van der Waals surface area contributed by atoms with E-state index in [1.54, 1.807) is 31.2 Å². The zero-order valence-corrected chi connectivity index (χ0v) is 19.8. The molecule has 5 rings (SSSR count). The van der Waals surface area contributed by atoms with Crippen LogP contribution in [0.2, 0.25) is 0 Å². The van der Waals surface area contributed by atoms with Gasteiger partial charge in [-0.2, -0.15) is 15.1 Å². The molecule has 0 spiro atoms. The maximum Gasteiger partial charge on any atom is 0.284 e. The first-order valence-electron chi connectivity index (χ1n) is 11.5. The summed E-state index contributed by atoms with van der Waals surface area (Å²) in [4.78, 5) is 28.0. The Labute approximate surface area is 205 Å². The van der Waals surface area contributed by atoms with E-state index in [1.807, 2.05) is 0 Å². The van der Waals surface area contributed by atoms with Crippen LogP contribution in [0.3, 0.4) is 0 Å². The number of hydrogen-bond donors (Lipinski definition) is 1. The van der Waals surface area contributed by atoms with Gasteiger partial charge in [0.1, 0.15) is 22.3 Å². The Bertz CT molecular complexity index is 1310. The predicted molar refractivity (Wildman–Crippen MR) is 134 cm³/mol. The first kappa shape index (κ1) is 23.0. The maximum absolute atomic E-state index is 12.7. The Morgan fingerprint density at radius 3 is 2.83 bits per heavy atom. The highest BCUT2D eigenvalue weighted by molar-refractivity contribution is 8.27. The van der Waals surface area contributed by atoms with Gasteiger partial charge in [0, 0.05) is 5.92 Å². The monoisotopic (exact) mass is 493 g/mol. The molecule has 1 aromatic heterocycles. The number of nitrogens with zero attached hydrogens (tertiary/aromatic N) is 4. The minimum absolute atomic E-state index is 0.0464. The Morgan fingerprint density at radius 2 is 2.09 bits per heavy atom. The SMILES string of the molecule is CCOc1ccc(-c2ccc(/C=C3/C(=N)N4N=C(C5CCCCC5)SC4=NC3=O)o2)c([N+](=O)[O-])c1. The average molecular weight is 494 g/mol. The van der Waals surface area contributed by atoms with Gasteiger partial charge in [0.25, 0.3) is 11.6 Å². The molecule has 35 heavy (non-hydrogen) atoms. The van der Waals surface area contributed by atoms with Gasteiger partial charge in [-0.25, -0.2) is 0 Å². The fourth-order valence-electron chi connectivity index (χ4n) is 4.37. The summed E-state index contributed by atoms with van der Waals surface area (Å²) in [5.74, 6) is 0.665. The molecule has 2 aliphatic heterocycles. The van der Waals surface area contributed by atoms with Gasteiger partial charge >= 0.3 is 0 Å². The molecule has 1 aromatic carbocycles. The normalized spacial score (nSPS) is 19.6. The molecule has 2 aromatic rings. The molecule has 1 aliphatic carbocycles. The van der Waals surface area contributed by atoms with Crippen LogP contribution in [-0.4, -0.2) is 38.5 Å². The van der Waals surface area contributed by atoms with Crippen molar-refractivity contribution in [1.82, 2.24) is 5.01 Å². The minimum Gasteiger partial charge on any atom is -0.494 e. The zero-order chi connectivity index (χ0) is 24.5. The van der Waals surface area contributed by atoms with Gasteiger partial charge in [0.2, 0.25) is 5.17 Å². The number of benzene rings is 1. The lowest BCUT2D eigenvalue weighted by atomic mass is 9.90. The van der Waals surface area contributed by atoms with Crippen molar-refractivity contribution in [3.8, 4) is 17.1 Å². The predicted octanol–water partition coefficient (Wildman–Crippen LogP) is 5.45. The molecule has 3 heterocycles. The summed E-state index contributed by atoms with van der Waals surface area (Å²) < 4.78 is 11.2. The van der Waals surface area contributed by atoms with Crippen LogP contribution in [0, 0.1) is 21.4 Å². The number of rotatable bonds is 6. The Kier molecular flexibility index (Phi) is 6.25. The quantitative estimate of drug-likeness (QED) is 0.321. The smallest absolute Gasteiger partial charge is 0.284 e. The van der Waals surface area contributed by atoms with Crippen molar-refractivity contribution in [2.45, 2.75) is 39.0 Å². The largest absolute Gasteiger partial charge is 0.494 e. The number of amides is 1. The standard InChI is InChI=1S/C24H23N5O5S/c1-2-33-15-8-10-17(19(13-15)29(31)32)20-11-9-16(34-20)12-18-21(25)28-24(26-22(18)30)35-23(27-28)14-6-4-3-5-7-14/h8-14,25H,2-7H2,1H3/b18-12-,25-21?. The number of aliphatic imine (C=N–C) groups is 1. The van der Waals surface area contributed by atoms with Crippen molar-refractivity contribution in [3.63, 3.8) is 0 Å². The number of carbonyl (C=O) groups excluding carboxylic acids is 1. The van der Waals surface area contributed by atoms with Gasteiger partial charge < -0.3 is 9.15 Å². The summed E-state index contributed by atoms with van der Waals surface area (Å²) in [7, 11) is 0. The molecule has 1 saturated carbocycles. The molecule has 0 radical (unpaired) electrons. The van der Waals surface area contributed by atoms with Crippen molar-refractivity contribution >= 4 is 45.5 Å². The van der Waals surface area contributed by atoms with Crippen molar-refractivity contribution in [1.29, 1.82) is 5.41 Å². The summed E-state index contributed by atoms with van der Waals surface area (Å²) >= 11 is 1.37. The van der Waals surface area contributed by atoms with E-state index >= 15 is 0 Å². The van der Waals surface area contributed by atoms with E-state index in [0.717, 1.165) is 30.7 Å². The van der Waals surface area contributed by atoms with Crippen LogP contribution in [0.25, 0.3) is 17.4 Å². The molecular formula is C24H23N5O5S. The number of fused-ring (bicyclic) bond motifs is 1. The number of thioether (sulfide) groups is 1. The van der Waals surface area contributed by atoms with Crippen LogP contribution in [0.4, 0.5) is 5.69 Å². The third kappa shape index (κ3) is 4.51. The van der Waals surface area contributed by atoms with Crippen LogP contribution in [-0.2, 0) is 4.79 Å². The Hall–Kier alpha value is -3.73. The molecule has 0 saturated heterocycles.